The normalized spacial score (nSPS) is 19.6. The van der Waals surface area contributed by atoms with E-state index in [4.69, 9.17) is 0 Å². The fraction of sp³-hybridized carbons (Fsp3) is 0.286. The van der Waals surface area contributed by atoms with Crippen LogP contribution in [-0.2, 0) is 6.54 Å². The van der Waals surface area contributed by atoms with Crippen molar-refractivity contribution < 1.29 is 9.90 Å². The van der Waals surface area contributed by atoms with Crippen LogP contribution in [0.3, 0.4) is 0 Å². The first-order valence-corrected chi connectivity index (χ1v) is 9.00. The predicted octanol–water partition coefficient (Wildman–Crippen LogP) is 1.86. The number of carbonyl (C=O) groups is 1. The number of para-hydroxylation sites is 2. The fourth-order valence-electron chi connectivity index (χ4n) is 4.59. The number of rotatable bonds is 1. The van der Waals surface area contributed by atoms with Gasteiger partial charge in [0.15, 0.2) is 0 Å². The monoisotopic (exact) mass is 346 g/mol. The van der Waals surface area contributed by atoms with E-state index in [1.54, 1.807) is 0 Å². The summed E-state index contributed by atoms with van der Waals surface area (Å²) in [6, 6.07) is 16.2. The summed E-state index contributed by atoms with van der Waals surface area (Å²) in [6.07, 6.45) is 0. The quantitative estimate of drug-likeness (QED) is 0.675. The summed E-state index contributed by atoms with van der Waals surface area (Å²) < 4.78 is 2.18. The standard InChI is InChI=1S/C21H21N3O2/c1-22-10-11-23-16-8-4-2-6-14(16)12-24-17-9-5-3-7-15(17)19(21(25)26)20(24)18(23)13-22/h2-9,18H,10-13H2,1H3,(H,25,26)/p-1. The number of benzene rings is 2. The number of carbonyl (C=O) groups excluding carboxylic acids is 1. The minimum atomic E-state index is -1.09. The van der Waals surface area contributed by atoms with Crippen molar-refractivity contribution in [2.24, 2.45) is 0 Å². The number of aromatic nitrogens is 1. The first-order chi connectivity index (χ1) is 12.6. The summed E-state index contributed by atoms with van der Waals surface area (Å²) in [5, 5.41) is 12.9. The molecule has 0 bridgehead atoms. The van der Waals surface area contributed by atoms with Crippen LogP contribution in [0, 0.1) is 0 Å². The maximum absolute atomic E-state index is 12.1. The molecule has 132 valence electrons. The molecule has 1 unspecified atom stereocenters. The Labute approximate surface area is 152 Å². The van der Waals surface area contributed by atoms with E-state index in [2.05, 4.69) is 45.7 Å². The molecular weight excluding hydrogens is 326 g/mol. The summed E-state index contributed by atoms with van der Waals surface area (Å²) in [5.74, 6) is -1.09. The summed E-state index contributed by atoms with van der Waals surface area (Å²) in [4.78, 5) is 16.8. The van der Waals surface area contributed by atoms with Gasteiger partial charge in [-0.3, -0.25) is 0 Å². The fourth-order valence-corrected chi connectivity index (χ4v) is 4.59. The zero-order valence-corrected chi connectivity index (χ0v) is 14.7. The number of likely N-dealkylation sites (N-methyl/N-ethyl adjacent to an activating group) is 1. The van der Waals surface area contributed by atoms with E-state index < -0.39 is 5.97 Å². The molecule has 2 aliphatic rings. The number of piperazine rings is 1. The average molecular weight is 346 g/mol. The summed E-state index contributed by atoms with van der Waals surface area (Å²) in [6.45, 7) is 3.32. The van der Waals surface area contributed by atoms with Crippen LogP contribution >= 0.6 is 0 Å². The molecule has 2 aromatic carbocycles. The van der Waals surface area contributed by atoms with Crippen molar-refractivity contribution in [3.63, 3.8) is 0 Å². The Morgan fingerprint density at radius 1 is 1.08 bits per heavy atom. The second kappa shape index (κ2) is 5.61. The molecule has 0 saturated carbocycles. The lowest BCUT2D eigenvalue weighted by Crippen LogP contribution is -2.47. The van der Waals surface area contributed by atoms with Crippen LogP contribution < -0.4 is 10.0 Å². The van der Waals surface area contributed by atoms with Crippen LogP contribution in [0.1, 0.15) is 27.7 Å². The molecule has 1 saturated heterocycles. The maximum Gasteiger partial charge on any atom is 0.0828 e. The van der Waals surface area contributed by atoms with Gasteiger partial charge in [-0.25, -0.2) is 0 Å². The highest BCUT2D eigenvalue weighted by atomic mass is 16.4. The Bertz CT molecular complexity index is 1020. The van der Waals surface area contributed by atoms with Crippen LogP contribution in [0.25, 0.3) is 10.9 Å². The zero-order valence-electron chi connectivity index (χ0n) is 14.7. The smallest absolute Gasteiger partial charge is 0.0828 e. The minimum Gasteiger partial charge on any atom is -0.545 e. The second-order valence-electron chi connectivity index (χ2n) is 7.25. The Morgan fingerprint density at radius 3 is 2.69 bits per heavy atom. The molecule has 1 atom stereocenters. The van der Waals surface area contributed by atoms with Crippen LogP contribution in [0.15, 0.2) is 48.5 Å². The van der Waals surface area contributed by atoms with Gasteiger partial charge in [-0.15, -0.1) is 0 Å². The molecule has 1 fully saturated rings. The number of fused-ring (bicyclic) bond motifs is 7. The van der Waals surface area contributed by atoms with Crippen molar-refractivity contribution in [2.75, 3.05) is 31.6 Å². The molecular formula is C21H20N3O2-. The summed E-state index contributed by atoms with van der Waals surface area (Å²) in [5.41, 5.74) is 4.62. The largest absolute Gasteiger partial charge is 0.545 e. The third-order valence-electron chi connectivity index (χ3n) is 5.74. The van der Waals surface area contributed by atoms with Gasteiger partial charge in [0.2, 0.25) is 0 Å². The molecule has 0 N–H and O–H groups in total. The topological polar surface area (TPSA) is 51.5 Å². The number of hydrogen-bond acceptors (Lipinski definition) is 4. The highest BCUT2D eigenvalue weighted by Gasteiger charge is 2.36. The molecule has 3 heterocycles. The number of aromatic carboxylic acids is 1. The second-order valence-corrected chi connectivity index (χ2v) is 7.25. The molecule has 0 radical (unpaired) electrons. The van der Waals surface area contributed by atoms with Gasteiger partial charge >= 0.3 is 0 Å². The van der Waals surface area contributed by atoms with Gasteiger partial charge in [0.05, 0.1) is 17.7 Å². The molecule has 3 aromatic rings. The van der Waals surface area contributed by atoms with E-state index in [0.717, 1.165) is 36.2 Å². The lowest BCUT2D eigenvalue weighted by atomic mass is 10.0. The summed E-state index contributed by atoms with van der Waals surface area (Å²) >= 11 is 0. The highest BCUT2D eigenvalue weighted by Crippen LogP contribution is 2.41. The number of carboxylic acid groups (broad SMARTS) is 1. The summed E-state index contributed by atoms with van der Waals surface area (Å²) in [7, 11) is 2.10. The Balaban J connectivity index is 1.86. The van der Waals surface area contributed by atoms with Gasteiger partial charge in [0.1, 0.15) is 0 Å². The minimum absolute atomic E-state index is 0.00213. The first-order valence-electron chi connectivity index (χ1n) is 9.00. The van der Waals surface area contributed by atoms with Gasteiger partial charge in [-0.1, -0.05) is 36.4 Å². The molecule has 5 heteroatoms. The SMILES string of the molecule is CN1CCN2c3ccccc3Cn3c(c(C(=O)[O-])c4ccccc43)C2C1. The first kappa shape index (κ1) is 15.5. The Kier molecular flexibility index (Phi) is 3.34. The lowest BCUT2D eigenvalue weighted by molar-refractivity contribution is -0.254. The van der Waals surface area contributed by atoms with E-state index in [1.807, 2.05) is 24.3 Å². The predicted molar refractivity (Wildman–Crippen MR) is 99.4 cm³/mol. The molecule has 26 heavy (non-hydrogen) atoms. The number of hydrogen-bond donors (Lipinski definition) is 0. The number of anilines is 1. The highest BCUT2D eigenvalue weighted by molar-refractivity contribution is 6.04. The van der Waals surface area contributed by atoms with Crippen LogP contribution in [0.5, 0.6) is 0 Å². The third-order valence-corrected chi connectivity index (χ3v) is 5.74. The van der Waals surface area contributed by atoms with Crippen molar-refractivity contribution in [3.05, 3.63) is 65.4 Å². The number of nitrogens with zero attached hydrogens (tertiary/aromatic N) is 3. The molecule has 1 aromatic heterocycles. The van der Waals surface area contributed by atoms with Gasteiger partial charge in [-0.05, 0) is 24.7 Å². The molecule has 0 aliphatic carbocycles. The lowest BCUT2D eigenvalue weighted by Gasteiger charge is -2.41. The number of carboxylic acids is 1. The van der Waals surface area contributed by atoms with Gasteiger partial charge in [0, 0.05) is 48.3 Å². The van der Waals surface area contributed by atoms with Crippen molar-refractivity contribution in [1.29, 1.82) is 0 Å². The van der Waals surface area contributed by atoms with Crippen LogP contribution in [0.4, 0.5) is 5.69 Å². The molecule has 5 rings (SSSR count). The van der Waals surface area contributed by atoms with Crippen molar-refractivity contribution in [1.82, 2.24) is 9.47 Å². The van der Waals surface area contributed by atoms with Crippen molar-refractivity contribution in [2.45, 2.75) is 12.6 Å². The van der Waals surface area contributed by atoms with E-state index >= 15 is 0 Å². The van der Waals surface area contributed by atoms with E-state index in [9.17, 15) is 9.90 Å². The zero-order chi connectivity index (χ0) is 17.8. The maximum atomic E-state index is 12.1. The average Bonchev–Trinajstić information content (AvgIpc) is 2.89. The van der Waals surface area contributed by atoms with Gasteiger partial charge < -0.3 is 24.3 Å². The van der Waals surface area contributed by atoms with E-state index in [-0.39, 0.29) is 6.04 Å². The van der Waals surface area contributed by atoms with Crippen LogP contribution in [-0.4, -0.2) is 42.1 Å². The van der Waals surface area contributed by atoms with Gasteiger partial charge in [-0.2, -0.15) is 0 Å². The van der Waals surface area contributed by atoms with E-state index in [1.165, 1.54) is 11.3 Å². The molecule has 5 nitrogen and oxygen atoms in total. The van der Waals surface area contributed by atoms with Gasteiger partial charge in [0.25, 0.3) is 0 Å². The molecule has 0 spiro atoms. The van der Waals surface area contributed by atoms with E-state index in [0.29, 0.717) is 12.1 Å². The van der Waals surface area contributed by atoms with Crippen LogP contribution in [0.2, 0.25) is 0 Å². The molecule has 0 amide bonds. The third kappa shape index (κ3) is 2.10. The van der Waals surface area contributed by atoms with Crippen molar-refractivity contribution >= 4 is 22.6 Å². The Morgan fingerprint density at radius 2 is 1.85 bits per heavy atom. The Hall–Kier alpha value is -2.79. The molecule has 2 aliphatic heterocycles. The van der Waals surface area contributed by atoms with Crippen molar-refractivity contribution in [3.8, 4) is 0 Å².